The van der Waals surface area contributed by atoms with Gasteiger partial charge in [-0.15, -0.1) is 0 Å². The zero-order valence-electron chi connectivity index (χ0n) is 27.3. The standard InChI is InChI=1S/C36H73BrN2/c1-4-5-6-7-8-11-14-17-20-29-38(2)31-25-35(26-32-38)23-22-24-36-27-33-39(3,34-36)30-21-18-15-12-9-10-13-16-19-28-37/h35-36H,4-34H2,1-3H3/q+2. The fourth-order valence-corrected chi connectivity index (χ4v) is 8.22. The van der Waals surface area contributed by atoms with E-state index in [1.807, 2.05) is 0 Å². The maximum atomic E-state index is 3.54. The third kappa shape index (κ3) is 17.2. The van der Waals surface area contributed by atoms with E-state index in [2.05, 4.69) is 36.9 Å². The number of likely N-dealkylation sites (tertiary alicyclic amines) is 2. The first-order valence-electron chi connectivity index (χ1n) is 18.2. The topological polar surface area (TPSA) is 0 Å². The summed E-state index contributed by atoms with van der Waals surface area (Å²) in [5.74, 6) is 2.05. The number of nitrogens with zero attached hydrogens (tertiary/aromatic N) is 2. The highest BCUT2D eigenvalue weighted by atomic mass is 79.9. The Morgan fingerprint density at radius 2 is 0.897 bits per heavy atom. The van der Waals surface area contributed by atoms with Crippen LogP contribution >= 0.6 is 15.9 Å². The third-order valence-electron chi connectivity index (χ3n) is 10.8. The van der Waals surface area contributed by atoms with Crippen LogP contribution in [-0.2, 0) is 0 Å². The van der Waals surface area contributed by atoms with Crippen molar-refractivity contribution in [3.8, 4) is 0 Å². The van der Waals surface area contributed by atoms with Gasteiger partial charge in [-0.1, -0.05) is 113 Å². The molecule has 2 nitrogen and oxygen atoms in total. The van der Waals surface area contributed by atoms with Gasteiger partial charge in [-0.3, -0.25) is 0 Å². The van der Waals surface area contributed by atoms with Crippen LogP contribution in [-0.4, -0.2) is 67.7 Å². The van der Waals surface area contributed by atoms with Gasteiger partial charge in [0, 0.05) is 17.7 Å². The molecule has 0 aromatic rings. The number of alkyl halides is 1. The molecule has 232 valence electrons. The third-order valence-corrected chi connectivity index (χ3v) is 11.3. The summed E-state index contributed by atoms with van der Waals surface area (Å²) in [5.41, 5.74) is 0. The SMILES string of the molecule is CCCCCCCCCCC[N+]1(C)CCC(CCCC2CC[N+](C)(CCCCCCCCCCCBr)C2)CC1. The van der Waals surface area contributed by atoms with Crippen molar-refractivity contribution >= 4 is 15.9 Å². The Morgan fingerprint density at radius 1 is 0.487 bits per heavy atom. The molecule has 0 aromatic heterocycles. The van der Waals surface area contributed by atoms with Crippen LogP contribution < -0.4 is 0 Å². The smallest absolute Gasteiger partial charge is 0.0815 e. The van der Waals surface area contributed by atoms with Gasteiger partial charge in [0.05, 0.1) is 53.4 Å². The number of hydrogen-bond acceptors (Lipinski definition) is 0. The quantitative estimate of drug-likeness (QED) is 0.0546. The second-order valence-electron chi connectivity index (χ2n) is 14.8. The van der Waals surface area contributed by atoms with Gasteiger partial charge in [0.25, 0.3) is 0 Å². The largest absolute Gasteiger partial charge is 0.326 e. The summed E-state index contributed by atoms with van der Waals surface area (Å²) in [6.07, 6.45) is 35.2. The molecule has 0 aliphatic carbocycles. The molecule has 2 saturated heterocycles. The molecule has 0 radical (unpaired) electrons. The monoisotopic (exact) mass is 612 g/mol. The molecule has 0 N–H and O–H groups in total. The van der Waals surface area contributed by atoms with Gasteiger partial charge < -0.3 is 8.97 Å². The molecule has 2 rings (SSSR count). The van der Waals surface area contributed by atoms with Crippen LogP contribution in [0.1, 0.15) is 161 Å². The number of quaternary nitrogens is 2. The zero-order chi connectivity index (χ0) is 28.1. The van der Waals surface area contributed by atoms with E-state index in [9.17, 15) is 0 Å². The van der Waals surface area contributed by atoms with Crippen LogP contribution in [0.3, 0.4) is 0 Å². The normalized spacial score (nSPS) is 27.4. The van der Waals surface area contributed by atoms with E-state index in [1.54, 1.807) is 0 Å². The molecule has 2 fully saturated rings. The van der Waals surface area contributed by atoms with E-state index in [1.165, 1.54) is 208 Å². The van der Waals surface area contributed by atoms with Crippen LogP contribution in [0.25, 0.3) is 0 Å². The van der Waals surface area contributed by atoms with E-state index in [-0.39, 0.29) is 0 Å². The number of hydrogen-bond donors (Lipinski definition) is 0. The van der Waals surface area contributed by atoms with Crippen LogP contribution in [0.15, 0.2) is 0 Å². The number of rotatable bonds is 25. The minimum atomic E-state index is 1.02. The maximum absolute atomic E-state index is 3.54. The molecule has 39 heavy (non-hydrogen) atoms. The highest BCUT2D eigenvalue weighted by Crippen LogP contribution is 2.31. The number of piperidine rings is 1. The molecule has 0 spiro atoms. The average Bonchev–Trinajstić information content (AvgIpc) is 3.30. The molecule has 0 bridgehead atoms. The van der Waals surface area contributed by atoms with E-state index in [0.29, 0.717) is 0 Å². The molecule has 2 unspecified atom stereocenters. The predicted octanol–water partition coefficient (Wildman–Crippen LogP) is 10.9. The van der Waals surface area contributed by atoms with Gasteiger partial charge in [-0.25, -0.2) is 0 Å². The molecule has 0 aromatic carbocycles. The van der Waals surface area contributed by atoms with Gasteiger partial charge in [0.2, 0.25) is 0 Å². The van der Waals surface area contributed by atoms with Gasteiger partial charge in [-0.2, -0.15) is 0 Å². The predicted molar refractivity (Wildman–Crippen MR) is 179 cm³/mol. The van der Waals surface area contributed by atoms with Crippen molar-refractivity contribution in [2.75, 3.05) is 58.7 Å². The van der Waals surface area contributed by atoms with Crippen LogP contribution in [0.4, 0.5) is 0 Å². The second kappa shape index (κ2) is 22.0. The van der Waals surface area contributed by atoms with Crippen LogP contribution in [0.5, 0.6) is 0 Å². The first-order valence-corrected chi connectivity index (χ1v) is 19.3. The van der Waals surface area contributed by atoms with Crippen molar-refractivity contribution < 1.29 is 8.97 Å². The Labute approximate surface area is 255 Å². The van der Waals surface area contributed by atoms with Gasteiger partial charge in [0.15, 0.2) is 0 Å². The molecular formula is C36H73BrN2+2. The highest BCUT2D eigenvalue weighted by molar-refractivity contribution is 9.09. The molecule has 2 heterocycles. The first kappa shape index (κ1) is 35.6. The van der Waals surface area contributed by atoms with Gasteiger partial charge in [0.1, 0.15) is 0 Å². The zero-order valence-corrected chi connectivity index (χ0v) is 28.9. The Morgan fingerprint density at radius 3 is 1.44 bits per heavy atom. The maximum Gasteiger partial charge on any atom is 0.0815 e. The van der Waals surface area contributed by atoms with E-state index in [4.69, 9.17) is 0 Å². The van der Waals surface area contributed by atoms with Crippen molar-refractivity contribution in [3.05, 3.63) is 0 Å². The lowest BCUT2D eigenvalue weighted by Crippen LogP contribution is -2.50. The average molecular weight is 614 g/mol. The van der Waals surface area contributed by atoms with Crippen molar-refractivity contribution in [1.29, 1.82) is 0 Å². The lowest BCUT2D eigenvalue weighted by Gasteiger charge is -2.41. The molecule has 3 heteroatoms. The van der Waals surface area contributed by atoms with Gasteiger partial charge in [-0.05, 0) is 63.7 Å². The van der Waals surface area contributed by atoms with Crippen LogP contribution in [0, 0.1) is 11.8 Å². The minimum absolute atomic E-state index is 1.02. The Hall–Kier alpha value is 0.400. The van der Waals surface area contributed by atoms with Crippen molar-refractivity contribution in [1.82, 2.24) is 0 Å². The fraction of sp³-hybridized carbons (Fsp3) is 1.00. The van der Waals surface area contributed by atoms with Crippen LogP contribution in [0.2, 0.25) is 0 Å². The minimum Gasteiger partial charge on any atom is -0.326 e. The van der Waals surface area contributed by atoms with E-state index >= 15 is 0 Å². The van der Waals surface area contributed by atoms with E-state index < -0.39 is 0 Å². The Balaban J connectivity index is 1.43. The summed E-state index contributed by atoms with van der Waals surface area (Å²) in [4.78, 5) is 0. The van der Waals surface area contributed by atoms with Crippen molar-refractivity contribution in [2.45, 2.75) is 161 Å². The summed E-state index contributed by atoms with van der Waals surface area (Å²) in [6.45, 7) is 11.0. The Bertz CT molecular complexity index is 558. The number of unbranched alkanes of at least 4 members (excludes halogenated alkanes) is 16. The summed E-state index contributed by atoms with van der Waals surface area (Å²) in [7, 11) is 5.13. The second-order valence-corrected chi connectivity index (χ2v) is 15.6. The van der Waals surface area contributed by atoms with Crippen molar-refractivity contribution in [3.63, 3.8) is 0 Å². The molecule has 2 aliphatic heterocycles. The Kier molecular flexibility index (Phi) is 20.1. The van der Waals surface area contributed by atoms with E-state index in [0.717, 1.165) is 11.8 Å². The summed E-state index contributed by atoms with van der Waals surface area (Å²) in [5, 5.41) is 1.18. The number of halogens is 1. The molecule has 0 saturated carbocycles. The lowest BCUT2D eigenvalue weighted by atomic mass is 9.88. The summed E-state index contributed by atoms with van der Waals surface area (Å²) >= 11 is 3.54. The fourth-order valence-electron chi connectivity index (χ4n) is 7.82. The molecule has 2 aliphatic rings. The molecule has 2 atom stereocenters. The molecular weight excluding hydrogens is 540 g/mol. The lowest BCUT2D eigenvalue weighted by molar-refractivity contribution is -0.915. The first-order chi connectivity index (χ1) is 19.0. The highest BCUT2D eigenvalue weighted by Gasteiger charge is 2.34. The summed E-state index contributed by atoms with van der Waals surface area (Å²) < 4.78 is 2.76. The van der Waals surface area contributed by atoms with Crippen molar-refractivity contribution in [2.24, 2.45) is 11.8 Å². The summed E-state index contributed by atoms with van der Waals surface area (Å²) in [6, 6.07) is 0. The molecule has 0 amide bonds. The van der Waals surface area contributed by atoms with Gasteiger partial charge >= 0.3 is 0 Å².